The lowest BCUT2D eigenvalue weighted by Gasteiger charge is -2.16. The summed E-state index contributed by atoms with van der Waals surface area (Å²) in [5, 5.41) is 5.96. The molecule has 1 amide bonds. The molecule has 2 rings (SSSR count). The van der Waals surface area contributed by atoms with Crippen LogP contribution in [0.3, 0.4) is 0 Å². The molecular formula is C14H16Cl2N2OS. The standard InChI is InChI=1S/C14H16Cl2N2OS/c1-8-5-4-6-9(2)10(8)17-12(20)18-11(19)13(3)7-14(13,15)16/h4-6H,7H2,1-3H3,(H2,17,18,19,20)/t13-/m1/s1. The second-order valence-electron chi connectivity index (χ2n) is 5.39. The first-order valence-electron chi connectivity index (χ1n) is 6.24. The van der Waals surface area contributed by atoms with E-state index in [4.69, 9.17) is 35.4 Å². The molecule has 1 aromatic carbocycles. The van der Waals surface area contributed by atoms with Crippen LogP contribution in [-0.4, -0.2) is 15.4 Å². The first-order chi connectivity index (χ1) is 9.17. The fraction of sp³-hybridized carbons (Fsp3) is 0.429. The highest BCUT2D eigenvalue weighted by Gasteiger charge is 2.68. The SMILES string of the molecule is Cc1cccc(C)c1NC(=S)NC(=O)[C@@]1(C)CC1(Cl)Cl. The second-order valence-corrected chi connectivity index (χ2v) is 7.28. The lowest BCUT2D eigenvalue weighted by Crippen LogP contribution is -2.40. The summed E-state index contributed by atoms with van der Waals surface area (Å²) in [7, 11) is 0. The van der Waals surface area contributed by atoms with Crippen molar-refractivity contribution in [2.75, 3.05) is 5.32 Å². The molecule has 2 N–H and O–H groups in total. The highest BCUT2D eigenvalue weighted by molar-refractivity contribution is 7.80. The van der Waals surface area contributed by atoms with Crippen molar-refractivity contribution in [3.8, 4) is 0 Å². The fourth-order valence-corrected chi connectivity index (χ4v) is 2.94. The molecule has 1 fully saturated rings. The van der Waals surface area contributed by atoms with E-state index in [1.165, 1.54) is 0 Å². The number of para-hydroxylation sites is 1. The third kappa shape index (κ3) is 2.78. The molecule has 1 aliphatic rings. The molecule has 3 nitrogen and oxygen atoms in total. The van der Waals surface area contributed by atoms with Crippen molar-refractivity contribution in [3.05, 3.63) is 29.3 Å². The van der Waals surface area contributed by atoms with E-state index < -0.39 is 9.75 Å². The molecular weight excluding hydrogens is 315 g/mol. The van der Waals surface area contributed by atoms with E-state index in [1.807, 2.05) is 32.0 Å². The van der Waals surface area contributed by atoms with Crippen LogP contribution in [0.4, 0.5) is 5.69 Å². The van der Waals surface area contributed by atoms with E-state index in [0.29, 0.717) is 6.42 Å². The molecule has 1 aromatic rings. The smallest absolute Gasteiger partial charge is 0.235 e. The number of halogens is 2. The van der Waals surface area contributed by atoms with Gasteiger partial charge in [0, 0.05) is 5.69 Å². The second kappa shape index (κ2) is 5.17. The Morgan fingerprint density at radius 1 is 1.30 bits per heavy atom. The molecule has 1 aliphatic carbocycles. The summed E-state index contributed by atoms with van der Waals surface area (Å²) < 4.78 is -0.995. The third-order valence-electron chi connectivity index (χ3n) is 3.71. The Hall–Kier alpha value is -0.840. The number of carbonyl (C=O) groups is 1. The average Bonchev–Trinajstić information content (AvgIpc) is 2.85. The van der Waals surface area contributed by atoms with Crippen LogP contribution < -0.4 is 10.6 Å². The van der Waals surface area contributed by atoms with Crippen LogP contribution in [0, 0.1) is 19.3 Å². The van der Waals surface area contributed by atoms with E-state index in [-0.39, 0.29) is 11.0 Å². The molecule has 0 radical (unpaired) electrons. The van der Waals surface area contributed by atoms with Gasteiger partial charge in [0.2, 0.25) is 5.91 Å². The quantitative estimate of drug-likeness (QED) is 0.641. The summed E-state index contributed by atoms with van der Waals surface area (Å²) in [6.45, 7) is 5.68. The number of amides is 1. The van der Waals surface area contributed by atoms with Crippen LogP contribution in [0.25, 0.3) is 0 Å². The molecule has 0 spiro atoms. The number of alkyl halides is 2. The van der Waals surface area contributed by atoms with E-state index in [2.05, 4.69) is 10.6 Å². The maximum Gasteiger partial charge on any atom is 0.235 e. The van der Waals surface area contributed by atoms with Gasteiger partial charge < -0.3 is 10.6 Å². The minimum absolute atomic E-state index is 0.254. The highest BCUT2D eigenvalue weighted by Crippen LogP contribution is 2.63. The topological polar surface area (TPSA) is 41.1 Å². The minimum Gasteiger partial charge on any atom is -0.332 e. The number of rotatable bonds is 2. The van der Waals surface area contributed by atoms with Crippen LogP contribution in [-0.2, 0) is 4.79 Å². The van der Waals surface area contributed by atoms with Gasteiger partial charge in [0.05, 0.1) is 5.41 Å². The van der Waals surface area contributed by atoms with Crippen molar-refractivity contribution in [3.63, 3.8) is 0 Å². The lowest BCUT2D eigenvalue weighted by molar-refractivity contribution is -0.124. The molecule has 0 aliphatic heterocycles. The normalized spacial score (nSPS) is 23.1. The molecule has 6 heteroatoms. The summed E-state index contributed by atoms with van der Waals surface area (Å²) in [6, 6.07) is 5.92. The number of hydrogen-bond acceptors (Lipinski definition) is 2. The van der Waals surface area contributed by atoms with Crippen LogP contribution in [0.15, 0.2) is 18.2 Å². The molecule has 0 bridgehead atoms. The first-order valence-corrected chi connectivity index (χ1v) is 7.40. The number of thiocarbonyl (C=S) groups is 1. The zero-order chi connectivity index (χ0) is 15.1. The van der Waals surface area contributed by atoms with Gasteiger partial charge in [-0.05, 0) is 50.5 Å². The zero-order valence-corrected chi connectivity index (χ0v) is 13.8. The molecule has 0 saturated heterocycles. The van der Waals surface area contributed by atoms with Crippen molar-refractivity contribution in [1.29, 1.82) is 0 Å². The van der Waals surface area contributed by atoms with Crippen molar-refractivity contribution in [1.82, 2.24) is 5.32 Å². The van der Waals surface area contributed by atoms with Crippen molar-refractivity contribution in [2.45, 2.75) is 31.5 Å². The zero-order valence-electron chi connectivity index (χ0n) is 11.5. The summed E-state index contributed by atoms with van der Waals surface area (Å²) in [6.07, 6.45) is 0.431. The maximum atomic E-state index is 12.1. The number of hydrogen-bond donors (Lipinski definition) is 2. The maximum absolute atomic E-state index is 12.1. The largest absolute Gasteiger partial charge is 0.332 e. The average molecular weight is 331 g/mol. The molecule has 20 heavy (non-hydrogen) atoms. The van der Waals surface area contributed by atoms with E-state index >= 15 is 0 Å². The Bertz CT molecular complexity index is 568. The van der Waals surface area contributed by atoms with Gasteiger partial charge in [-0.15, -0.1) is 23.2 Å². The van der Waals surface area contributed by atoms with Crippen LogP contribution in [0.1, 0.15) is 24.5 Å². The predicted octanol–water partition coefficient (Wildman–Crippen LogP) is 3.70. The molecule has 0 aromatic heterocycles. The van der Waals surface area contributed by atoms with Gasteiger partial charge >= 0.3 is 0 Å². The van der Waals surface area contributed by atoms with Gasteiger partial charge in [0.15, 0.2) is 5.11 Å². The number of nitrogens with one attached hydrogen (secondary N) is 2. The first kappa shape index (κ1) is 15.5. The Labute approximate surface area is 134 Å². The van der Waals surface area contributed by atoms with Gasteiger partial charge in [0.1, 0.15) is 4.33 Å². The Morgan fingerprint density at radius 2 is 1.80 bits per heavy atom. The summed E-state index contributed by atoms with van der Waals surface area (Å²) >= 11 is 17.1. The summed E-state index contributed by atoms with van der Waals surface area (Å²) in [5.74, 6) is -0.258. The molecule has 1 atom stereocenters. The van der Waals surface area contributed by atoms with Gasteiger partial charge in [-0.3, -0.25) is 4.79 Å². The van der Waals surface area contributed by atoms with Gasteiger partial charge in [0.25, 0.3) is 0 Å². The summed E-state index contributed by atoms with van der Waals surface area (Å²) in [5.41, 5.74) is 2.25. The van der Waals surface area contributed by atoms with Crippen LogP contribution >= 0.6 is 35.4 Å². The van der Waals surface area contributed by atoms with Crippen molar-refractivity contribution >= 4 is 52.1 Å². The summed E-state index contributed by atoms with van der Waals surface area (Å²) in [4.78, 5) is 12.1. The molecule has 108 valence electrons. The highest BCUT2D eigenvalue weighted by atomic mass is 35.5. The number of anilines is 1. The Kier molecular flexibility index (Phi) is 4.02. The van der Waals surface area contributed by atoms with Gasteiger partial charge in [-0.1, -0.05) is 18.2 Å². The van der Waals surface area contributed by atoms with Gasteiger partial charge in [-0.25, -0.2) is 0 Å². The fourth-order valence-electron chi connectivity index (χ4n) is 2.04. The van der Waals surface area contributed by atoms with Crippen molar-refractivity contribution in [2.24, 2.45) is 5.41 Å². The van der Waals surface area contributed by atoms with E-state index in [1.54, 1.807) is 6.92 Å². The van der Waals surface area contributed by atoms with Gasteiger partial charge in [-0.2, -0.15) is 0 Å². The van der Waals surface area contributed by atoms with Crippen molar-refractivity contribution < 1.29 is 4.79 Å². The monoisotopic (exact) mass is 330 g/mol. The predicted molar refractivity (Wildman–Crippen MR) is 87.4 cm³/mol. The number of benzene rings is 1. The Balaban J connectivity index is 2.02. The number of aryl methyl sites for hydroxylation is 2. The number of carbonyl (C=O) groups excluding carboxylic acids is 1. The lowest BCUT2D eigenvalue weighted by atomic mass is 10.1. The molecule has 0 heterocycles. The Morgan fingerprint density at radius 3 is 2.25 bits per heavy atom. The van der Waals surface area contributed by atoms with Crippen LogP contribution in [0.5, 0.6) is 0 Å². The minimum atomic E-state index is -0.995. The third-order valence-corrected chi connectivity index (χ3v) is 5.01. The molecule has 0 unspecified atom stereocenters. The molecule has 1 saturated carbocycles. The van der Waals surface area contributed by atoms with E-state index in [9.17, 15) is 4.79 Å². The van der Waals surface area contributed by atoms with Crippen LogP contribution in [0.2, 0.25) is 0 Å². The van der Waals surface area contributed by atoms with E-state index in [0.717, 1.165) is 16.8 Å².